The third-order valence-electron chi connectivity index (χ3n) is 3.76. The lowest BCUT2D eigenvalue weighted by atomic mass is 10.1. The summed E-state index contributed by atoms with van der Waals surface area (Å²) >= 11 is 0. The van der Waals surface area contributed by atoms with Crippen molar-refractivity contribution in [2.45, 2.75) is 52.1 Å². The van der Waals surface area contributed by atoms with Gasteiger partial charge in [-0.25, -0.2) is 9.59 Å². The van der Waals surface area contributed by atoms with Crippen LogP contribution in [0.4, 0.5) is 4.79 Å². The van der Waals surface area contributed by atoms with E-state index in [-0.39, 0.29) is 12.1 Å². The summed E-state index contributed by atoms with van der Waals surface area (Å²) in [5, 5.41) is 6.66. The van der Waals surface area contributed by atoms with E-state index in [0.717, 1.165) is 25.0 Å². The van der Waals surface area contributed by atoms with E-state index in [4.69, 9.17) is 9.26 Å². The third-order valence-corrected chi connectivity index (χ3v) is 3.76. The first-order valence-electron chi connectivity index (χ1n) is 7.76. The van der Waals surface area contributed by atoms with Crippen molar-refractivity contribution in [3.63, 3.8) is 0 Å². The van der Waals surface area contributed by atoms with Crippen LogP contribution in [0.15, 0.2) is 10.6 Å². The van der Waals surface area contributed by atoms with E-state index in [1.807, 2.05) is 13.0 Å². The fourth-order valence-corrected chi connectivity index (χ4v) is 2.55. The van der Waals surface area contributed by atoms with Crippen molar-refractivity contribution in [2.75, 3.05) is 13.2 Å². The lowest BCUT2D eigenvalue weighted by Crippen LogP contribution is -2.46. The second-order valence-electron chi connectivity index (χ2n) is 5.35. The van der Waals surface area contributed by atoms with Crippen LogP contribution in [0.2, 0.25) is 0 Å². The maximum absolute atomic E-state index is 12.4. The van der Waals surface area contributed by atoms with Gasteiger partial charge in [0.05, 0.1) is 18.3 Å². The number of likely N-dealkylation sites (tertiary alicyclic amines) is 1. The molecule has 0 radical (unpaired) electrons. The van der Waals surface area contributed by atoms with Gasteiger partial charge in [0.1, 0.15) is 6.04 Å². The number of carbonyl (C=O) groups excluding carboxylic acids is 2. The fraction of sp³-hybridized carbons (Fsp3) is 0.667. The second kappa shape index (κ2) is 7.29. The third kappa shape index (κ3) is 3.58. The number of amides is 2. The average Bonchev–Trinajstić information content (AvgIpc) is 3.15. The van der Waals surface area contributed by atoms with E-state index in [1.165, 1.54) is 0 Å². The van der Waals surface area contributed by atoms with Crippen LogP contribution < -0.4 is 5.32 Å². The lowest BCUT2D eigenvalue weighted by molar-refractivity contribution is -0.144. The molecule has 122 valence electrons. The van der Waals surface area contributed by atoms with Crippen LogP contribution in [-0.4, -0.2) is 41.3 Å². The second-order valence-corrected chi connectivity index (χ2v) is 5.35. The Bertz CT molecular complexity index is 529. The summed E-state index contributed by atoms with van der Waals surface area (Å²) in [6.45, 7) is 6.28. The molecule has 1 aromatic heterocycles. The number of rotatable bonds is 5. The number of aromatic nitrogens is 1. The highest BCUT2D eigenvalue weighted by molar-refractivity contribution is 5.83. The molecule has 0 aromatic carbocycles. The van der Waals surface area contributed by atoms with E-state index in [9.17, 15) is 9.59 Å². The molecular weight excluding hydrogens is 286 g/mol. The van der Waals surface area contributed by atoms with Gasteiger partial charge in [-0.3, -0.25) is 0 Å². The molecule has 1 aliphatic heterocycles. The lowest BCUT2D eigenvalue weighted by Gasteiger charge is -2.24. The van der Waals surface area contributed by atoms with Gasteiger partial charge in [-0.15, -0.1) is 0 Å². The summed E-state index contributed by atoms with van der Waals surface area (Å²) in [5.41, 5.74) is 0.877. The molecule has 22 heavy (non-hydrogen) atoms. The Morgan fingerprint density at radius 3 is 2.95 bits per heavy atom. The first-order chi connectivity index (χ1) is 10.6. The zero-order chi connectivity index (χ0) is 16.1. The maximum Gasteiger partial charge on any atom is 0.328 e. The average molecular weight is 309 g/mol. The molecule has 1 aromatic rings. The standard InChI is InChI=1S/C15H23N3O4/c1-4-11-9-13(22-17-11)12-7-6-8-18(12)15(20)16-10(3)14(19)21-5-2/h9-10,12H,4-8H2,1-3H3,(H,16,20)/t10-,12-/m1/s1. The molecule has 0 spiro atoms. The van der Waals surface area contributed by atoms with Gasteiger partial charge in [-0.05, 0) is 33.1 Å². The van der Waals surface area contributed by atoms with E-state index >= 15 is 0 Å². The SMILES string of the molecule is CCOC(=O)[C@@H](C)NC(=O)N1CCC[C@@H]1c1cc(CC)no1. The van der Waals surface area contributed by atoms with Crippen LogP contribution in [0.3, 0.4) is 0 Å². The minimum absolute atomic E-state index is 0.123. The highest BCUT2D eigenvalue weighted by Gasteiger charge is 2.34. The van der Waals surface area contributed by atoms with Gasteiger partial charge in [0.2, 0.25) is 0 Å². The maximum atomic E-state index is 12.4. The molecule has 1 aliphatic rings. The molecular formula is C15H23N3O4. The Morgan fingerprint density at radius 2 is 2.32 bits per heavy atom. The Balaban J connectivity index is 2.00. The first-order valence-corrected chi connectivity index (χ1v) is 7.76. The van der Waals surface area contributed by atoms with Crippen LogP contribution in [0, 0.1) is 0 Å². The van der Waals surface area contributed by atoms with Crippen molar-refractivity contribution in [3.8, 4) is 0 Å². The van der Waals surface area contributed by atoms with Gasteiger partial charge < -0.3 is 19.5 Å². The van der Waals surface area contributed by atoms with E-state index in [2.05, 4.69) is 10.5 Å². The Labute approximate surface area is 130 Å². The van der Waals surface area contributed by atoms with Gasteiger partial charge >= 0.3 is 12.0 Å². The van der Waals surface area contributed by atoms with Gasteiger partial charge in [-0.1, -0.05) is 12.1 Å². The number of carbonyl (C=O) groups is 2. The van der Waals surface area contributed by atoms with Crippen LogP contribution in [-0.2, 0) is 16.0 Å². The molecule has 1 saturated heterocycles. The van der Waals surface area contributed by atoms with E-state index in [0.29, 0.717) is 18.9 Å². The monoisotopic (exact) mass is 309 g/mol. The molecule has 2 amide bonds. The van der Waals surface area contributed by atoms with E-state index < -0.39 is 12.0 Å². The van der Waals surface area contributed by atoms with Crippen molar-refractivity contribution in [2.24, 2.45) is 0 Å². The summed E-state index contributed by atoms with van der Waals surface area (Å²) in [5.74, 6) is 0.271. The van der Waals surface area contributed by atoms with Gasteiger partial charge in [0.15, 0.2) is 5.76 Å². The number of esters is 1. The topological polar surface area (TPSA) is 84.7 Å². The molecule has 1 fully saturated rings. The van der Waals surface area contributed by atoms with Crippen molar-refractivity contribution in [1.82, 2.24) is 15.4 Å². The van der Waals surface area contributed by atoms with Crippen molar-refractivity contribution < 1.29 is 18.8 Å². The summed E-state index contributed by atoms with van der Waals surface area (Å²) in [6.07, 6.45) is 2.52. The molecule has 7 heteroatoms. The molecule has 0 bridgehead atoms. The summed E-state index contributed by atoms with van der Waals surface area (Å²) in [6, 6.07) is 0.819. The zero-order valence-corrected chi connectivity index (χ0v) is 13.3. The number of urea groups is 1. The van der Waals surface area contributed by atoms with Gasteiger partial charge in [0, 0.05) is 12.6 Å². The smallest absolute Gasteiger partial charge is 0.328 e. The normalized spacial score (nSPS) is 19.0. The number of nitrogens with zero attached hydrogens (tertiary/aromatic N) is 2. The Morgan fingerprint density at radius 1 is 1.55 bits per heavy atom. The minimum atomic E-state index is -0.672. The van der Waals surface area contributed by atoms with Crippen molar-refractivity contribution in [1.29, 1.82) is 0 Å². The zero-order valence-electron chi connectivity index (χ0n) is 13.3. The summed E-state index contributed by atoms with van der Waals surface area (Å²) < 4.78 is 10.2. The number of aryl methyl sites for hydroxylation is 1. The quantitative estimate of drug-likeness (QED) is 0.841. The van der Waals surface area contributed by atoms with Crippen molar-refractivity contribution >= 4 is 12.0 Å². The van der Waals surface area contributed by atoms with E-state index in [1.54, 1.807) is 18.7 Å². The van der Waals surface area contributed by atoms with Crippen LogP contribution >= 0.6 is 0 Å². The number of hydrogen-bond acceptors (Lipinski definition) is 5. The molecule has 2 rings (SSSR count). The molecule has 7 nitrogen and oxygen atoms in total. The number of hydrogen-bond donors (Lipinski definition) is 1. The minimum Gasteiger partial charge on any atom is -0.464 e. The first kappa shape index (κ1) is 16.3. The molecule has 0 saturated carbocycles. The highest BCUT2D eigenvalue weighted by atomic mass is 16.5. The van der Waals surface area contributed by atoms with Crippen LogP contribution in [0.5, 0.6) is 0 Å². The molecule has 0 unspecified atom stereocenters. The van der Waals surface area contributed by atoms with Crippen LogP contribution in [0.25, 0.3) is 0 Å². The number of nitrogens with one attached hydrogen (secondary N) is 1. The van der Waals surface area contributed by atoms with Crippen molar-refractivity contribution in [3.05, 3.63) is 17.5 Å². The predicted molar refractivity (Wildman–Crippen MR) is 79.2 cm³/mol. The largest absolute Gasteiger partial charge is 0.464 e. The molecule has 0 aliphatic carbocycles. The summed E-state index contributed by atoms with van der Waals surface area (Å²) in [4.78, 5) is 25.7. The number of ether oxygens (including phenoxy) is 1. The van der Waals surface area contributed by atoms with Crippen LogP contribution in [0.1, 0.15) is 51.1 Å². The fourth-order valence-electron chi connectivity index (χ4n) is 2.55. The van der Waals surface area contributed by atoms with Gasteiger partial charge in [0.25, 0.3) is 0 Å². The summed E-state index contributed by atoms with van der Waals surface area (Å²) in [7, 11) is 0. The Hall–Kier alpha value is -2.05. The molecule has 1 N–H and O–H groups in total. The molecule has 2 atom stereocenters. The molecule has 2 heterocycles. The highest BCUT2D eigenvalue weighted by Crippen LogP contribution is 2.32. The van der Waals surface area contributed by atoms with Gasteiger partial charge in [-0.2, -0.15) is 0 Å². The Kier molecular flexibility index (Phi) is 5.41. The predicted octanol–water partition coefficient (Wildman–Crippen LogP) is 2.04.